The van der Waals surface area contributed by atoms with E-state index < -0.39 is 5.97 Å². The number of nitrogens with one attached hydrogen (secondary N) is 1. The molecule has 1 heterocycles. The van der Waals surface area contributed by atoms with Crippen LogP contribution in [0.5, 0.6) is 5.75 Å². The third-order valence-electron chi connectivity index (χ3n) is 3.90. The Morgan fingerprint density at radius 3 is 2.46 bits per heavy atom. The second kappa shape index (κ2) is 5.66. The summed E-state index contributed by atoms with van der Waals surface area (Å²) in [6, 6.07) is 21.7. The van der Waals surface area contributed by atoms with Gasteiger partial charge in [0.25, 0.3) is 0 Å². The Kier molecular flexibility index (Phi) is 3.35. The Hall–Kier alpha value is -3.40. The van der Waals surface area contributed by atoms with Gasteiger partial charge in [0.2, 0.25) is 5.56 Å². The van der Waals surface area contributed by atoms with Crippen LogP contribution in [0.3, 0.4) is 0 Å². The lowest BCUT2D eigenvalue weighted by Crippen LogP contribution is -2.14. The molecule has 0 aliphatic rings. The van der Waals surface area contributed by atoms with Gasteiger partial charge in [-0.15, -0.1) is 0 Å². The van der Waals surface area contributed by atoms with Crippen LogP contribution in [0.2, 0.25) is 0 Å². The van der Waals surface area contributed by atoms with E-state index in [9.17, 15) is 9.59 Å². The van der Waals surface area contributed by atoms with Crippen molar-refractivity contribution in [3.8, 4) is 5.75 Å². The Morgan fingerprint density at radius 1 is 0.833 bits per heavy atom. The second-order valence-electron chi connectivity index (χ2n) is 5.49. The minimum atomic E-state index is -0.549. The molecule has 4 rings (SSSR count). The van der Waals surface area contributed by atoms with Crippen molar-refractivity contribution in [3.63, 3.8) is 0 Å². The van der Waals surface area contributed by atoms with Crippen LogP contribution in [-0.4, -0.2) is 11.0 Å². The average Bonchev–Trinajstić information content (AvgIpc) is 2.60. The second-order valence-corrected chi connectivity index (χ2v) is 5.49. The number of esters is 1. The molecule has 0 saturated heterocycles. The lowest BCUT2D eigenvalue weighted by molar-refractivity contribution is 0.0737. The van der Waals surface area contributed by atoms with Crippen molar-refractivity contribution in [3.05, 3.63) is 88.7 Å². The van der Waals surface area contributed by atoms with Crippen molar-refractivity contribution in [2.45, 2.75) is 0 Å². The summed E-state index contributed by atoms with van der Waals surface area (Å²) in [5.74, 6) is -0.101. The van der Waals surface area contributed by atoms with E-state index >= 15 is 0 Å². The Bertz CT molecular complexity index is 1130. The third-order valence-corrected chi connectivity index (χ3v) is 3.90. The number of benzene rings is 3. The number of H-pyrrole nitrogens is 1. The molecule has 4 nitrogen and oxygen atoms in total. The van der Waals surface area contributed by atoms with Gasteiger partial charge >= 0.3 is 5.97 Å². The minimum Gasteiger partial charge on any atom is -0.423 e. The van der Waals surface area contributed by atoms with Gasteiger partial charge in [0.15, 0.2) is 0 Å². The van der Waals surface area contributed by atoms with Gasteiger partial charge in [-0.3, -0.25) is 4.79 Å². The molecule has 4 aromatic rings. The fraction of sp³-hybridized carbons (Fsp3) is 0. The number of aromatic amines is 1. The highest BCUT2D eigenvalue weighted by atomic mass is 16.5. The Morgan fingerprint density at radius 2 is 1.58 bits per heavy atom. The lowest BCUT2D eigenvalue weighted by atomic mass is 10.1. The highest BCUT2D eigenvalue weighted by Gasteiger charge is 2.14. The molecule has 0 spiro atoms. The zero-order valence-corrected chi connectivity index (χ0v) is 12.7. The van der Waals surface area contributed by atoms with E-state index in [0.29, 0.717) is 16.7 Å². The highest BCUT2D eigenvalue weighted by Crippen LogP contribution is 2.22. The Labute approximate surface area is 137 Å². The number of hydrogen-bond acceptors (Lipinski definition) is 3. The number of pyridine rings is 1. The first-order valence-corrected chi connectivity index (χ1v) is 7.54. The number of carbonyl (C=O) groups excluding carboxylic acids is 1. The topological polar surface area (TPSA) is 59.2 Å². The van der Waals surface area contributed by atoms with Crippen LogP contribution in [0.1, 0.15) is 10.4 Å². The van der Waals surface area contributed by atoms with Gasteiger partial charge < -0.3 is 9.72 Å². The van der Waals surface area contributed by atoms with Crippen molar-refractivity contribution in [2.75, 3.05) is 0 Å². The molecule has 1 N–H and O–H groups in total. The van der Waals surface area contributed by atoms with Gasteiger partial charge in [-0.25, -0.2) is 4.79 Å². The molecule has 0 saturated carbocycles. The summed E-state index contributed by atoms with van der Waals surface area (Å²) in [6.07, 6.45) is 0. The van der Waals surface area contributed by atoms with E-state index in [0.717, 1.165) is 10.8 Å². The maximum absolute atomic E-state index is 12.5. The van der Waals surface area contributed by atoms with Gasteiger partial charge in [0.05, 0.1) is 5.56 Å². The maximum atomic E-state index is 12.5. The first-order valence-electron chi connectivity index (χ1n) is 7.54. The monoisotopic (exact) mass is 315 g/mol. The van der Waals surface area contributed by atoms with Crippen molar-refractivity contribution >= 4 is 27.6 Å². The fourth-order valence-electron chi connectivity index (χ4n) is 2.77. The zero-order chi connectivity index (χ0) is 16.5. The predicted octanol–water partition coefficient (Wildman–Crippen LogP) is 3.90. The quantitative estimate of drug-likeness (QED) is 0.451. The smallest absolute Gasteiger partial charge is 0.344 e. The van der Waals surface area contributed by atoms with Gasteiger partial charge in [-0.2, -0.15) is 0 Å². The van der Waals surface area contributed by atoms with Crippen LogP contribution in [0.4, 0.5) is 0 Å². The number of para-hydroxylation sites is 1. The predicted molar refractivity (Wildman–Crippen MR) is 93.5 cm³/mol. The van der Waals surface area contributed by atoms with E-state index in [4.69, 9.17) is 4.74 Å². The molecule has 0 amide bonds. The molecular formula is C20H13NO3. The molecular weight excluding hydrogens is 302 g/mol. The molecule has 0 unspecified atom stereocenters. The van der Waals surface area contributed by atoms with Gasteiger partial charge in [0.1, 0.15) is 5.75 Å². The molecule has 0 radical (unpaired) electrons. The van der Waals surface area contributed by atoms with Crippen molar-refractivity contribution in [1.82, 2.24) is 4.98 Å². The van der Waals surface area contributed by atoms with E-state index in [1.165, 1.54) is 6.07 Å². The van der Waals surface area contributed by atoms with Crippen LogP contribution in [0, 0.1) is 0 Å². The first kappa shape index (κ1) is 14.2. The van der Waals surface area contributed by atoms with Crippen LogP contribution in [0.15, 0.2) is 77.6 Å². The number of ether oxygens (including phenoxy) is 1. The number of aromatic nitrogens is 1. The molecule has 0 bridgehead atoms. The van der Waals surface area contributed by atoms with Crippen LogP contribution < -0.4 is 10.3 Å². The van der Waals surface area contributed by atoms with Crippen molar-refractivity contribution in [2.24, 2.45) is 0 Å². The molecule has 0 atom stereocenters. The summed E-state index contributed by atoms with van der Waals surface area (Å²) in [5.41, 5.74) is 0.525. The fourth-order valence-corrected chi connectivity index (χ4v) is 2.77. The summed E-state index contributed by atoms with van der Waals surface area (Å²) >= 11 is 0. The summed E-state index contributed by atoms with van der Waals surface area (Å²) in [4.78, 5) is 27.0. The van der Waals surface area contributed by atoms with Gasteiger partial charge in [-0.1, -0.05) is 48.5 Å². The number of rotatable bonds is 2. The largest absolute Gasteiger partial charge is 0.423 e. The number of carbonyl (C=O) groups is 1. The van der Waals surface area contributed by atoms with E-state index in [-0.39, 0.29) is 11.1 Å². The molecule has 1 aromatic heterocycles. The minimum absolute atomic E-state index is 0.252. The zero-order valence-electron chi connectivity index (χ0n) is 12.7. The third kappa shape index (κ3) is 2.54. The standard InChI is InChI=1S/C20H13NO3/c22-19-12-17(16-7-3-4-8-18(16)21-19)20(23)24-15-10-9-13-5-1-2-6-14(13)11-15/h1-12H,(H,21,22). The summed E-state index contributed by atoms with van der Waals surface area (Å²) in [5, 5.41) is 2.71. The van der Waals surface area contributed by atoms with Crippen LogP contribution >= 0.6 is 0 Å². The van der Waals surface area contributed by atoms with E-state index in [2.05, 4.69) is 4.98 Å². The molecule has 3 aromatic carbocycles. The summed E-state index contributed by atoms with van der Waals surface area (Å²) in [6.45, 7) is 0. The highest BCUT2D eigenvalue weighted by molar-refractivity contribution is 6.04. The molecule has 0 aliphatic carbocycles. The van der Waals surface area contributed by atoms with Crippen molar-refractivity contribution < 1.29 is 9.53 Å². The van der Waals surface area contributed by atoms with Gasteiger partial charge in [0, 0.05) is 17.0 Å². The summed E-state index contributed by atoms with van der Waals surface area (Å²) < 4.78 is 5.48. The Balaban J connectivity index is 1.74. The normalized spacial score (nSPS) is 10.8. The first-order chi connectivity index (χ1) is 11.7. The number of fused-ring (bicyclic) bond motifs is 2. The lowest BCUT2D eigenvalue weighted by Gasteiger charge is -2.08. The van der Waals surface area contributed by atoms with Crippen LogP contribution in [0.25, 0.3) is 21.7 Å². The SMILES string of the molecule is O=C(Oc1ccc2ccccc2c1)c1cc(=O)[nH]c2ccccc12. The molecule has 0 fully saturated rings. The molecule has 0 aliphatic heterocycles. The molecule has 24 heavy (non-hydrogen) atoms. The van der Waals surface area contributed by atoms with E-state index in [1.54, 1.807) is 24.3 Å². The molecule has 116 valence electrons. The average molecular weight is 315 g/mol. The molecule has 4 heteroatoms. The summed E-state index contributed by atoms with van der Waals surface area (Å²) in [7, 11) is 0. The maximum Gasteiger partial charge on any atom is 0.344 e. The number of hydrogen-bond donors (Lipinski definition) is 1. The van der Waals surface area contributed by atoms with E-state index in [1.807, 2.05) is 42.5 Å². The van der Waals surface area contributed by atoms with Crippen molar-refractivity contribution in [1.29, 1.82) is 0 Å². The van der Waals surface area contributed by atoms with Crippen LogP contribution in [-0.2, 0) is 0 Å². The van der Waals surface area contributed by atoms with Gasteiger partial charge in [-0.05, 0) is 29.0 Å².